The fraction of sp³-hybridized carbons (Fsp3) is 0.556. The molecular weight excluding hydrogens is 290 g/mol. The largest absolute Gasteiger partial charge is 0.359 e. The van der Waals surface area contributed by atoms with Gasteiger partial charge in [-0.05, 0) is 50.4 Å². The number of carbonyl (C=O) groups excluding carboxylic acids is 2. The number of fused-ring (bicyclic) bond motifs is 1. The van der Waals surface area contributed by atoms with Crippen molar-refractivity contribution in [3.05, 3.63) is 29.8 Å². The Kier molecular flexibility index (Phi) is 4.96. The number of hydrogen-bond acceptors (Lipinski definition) is 3. The third-order valence-electron chi connectivity index (χ3n) is 4.97. The lowest BCUT2D eigenvalue weighted by atomic mass is 9.96. The first-order valence-electron chi connectivity index (χ1n) is 8.51. The van der Waals surface area contributed by atoms with Crippen molar-refractivity contribution in [1.29, 1.82) is 0 Å². The van der Waals surface area contributed by atoms with E-state index in [-0.39, 0.29) is 17.7 Å². The van der Waals surface area contributed by atoms with E-state index in [1.807, 2.05) is 23.1 Å². The van der Waals surface area contributed by atoms with Gasteiger partial charge in [0.2, 0.25) is 11.8 Å². The van der Waals surface area contributed by atoms with Gasteiger partial charge in [-0.2, -0.15) is 0 Å². The van der Waals surface area contributed by atoms with Crippen LogP contribution < -0.4 is 10.2 Å². The number of hydrogen-bond donors (Lipinski definition) is 1. The number of benzene rings is 1. The van der Waals surface area contributed by atoms with Crippen LogP contribution in [0.3, 0.4) is 0 Å². The Morgan fingerprint density at radius 2 is 1.91 bits per heavy atom. The van der Waals surface area contributed by atoms with E-state index in [0.717, 1.165) is 51.0 Å². The van der Waals surface area contributed by atoms with E-state index in [0.29, 0.717) is 6.54 Å². The van der Waals surface area contributed by atoms with Crippen molar-refractivity contribution in [3.8, 4) is 0 Å². The average Bonchev–Trinajstić information content (AvgIpc) is 2.61. The summed E-state index contributed by atoms with van der Waals surface area (Å²) in [7, 11) is 1.69. The number of aryl methyl sites for hydroxylation is 1. The van der Waals surface area contributed by atoms with Crippen molar-refractivity contribution in [1.82, 2.24) is 10.2 Å². The quantitative estimate of drug-likeness (QED) is 0.918. The van der Waals surface area contributed by atoms with Crippen molar-refractivity contribution in [2.75, 3.05) is 38.1 Å². The van der Waals surface area contributed by atoms with Gasteiger partial charge in [-0.25, -0.2) is 0 Å². The molecule has 23 heavy (non-hydrogen) atoms. The summed E-state index contributed by atoms with van der Waals surface area (Å²) < 4.78 is 0. The number of amides is 2. The molecule has 1 saturated heterocycles. The molecule has 5 heteroatoms. The summed E-state index contributed by atoms with van der Waals surface area (Å²) in [6.07, 6.45) is 3.76. The van der Waals surface area contributed by atoms with E-state index >= 15 is 0 Å². The van der Waals surface area contributed by atoms with Gasteiger partial charge in [0, 0.05) is 25.2 Å². The van der Waals surface area contributed by atoms with Crippen LogP contribution in [0.25, 0.3) is 0 Å². The van der Waals surface area contributed by atoms with Crippen LogP contribution >= 0.6 is 0 Å². The molecule has 0 unspecified atom stereocenters. The highest BCUT2D eigenvalue weighted by Crippen LogP contribution is 2.27. The Bertz CT molecular complexity index is 579. The molecule has 0 atom stereocenters. The molecule has 5 nitrogen and oxygen atoms in total. The molecule has 3 rings (SSSR count). The summed E-state index contributed by atoms with van der Waals surface area (Å²) >= 11 is 0. The Balaban J connectivity index is 1.58. The van der Waals surface area contributed by atoms with Gasteiger partial charge < -0.3 is 10.2 Å². The fourth-order valence-electron chi connectivity index (χ4n) is 3.63. The zero-order chi connectivity index (χ0) is 16.2. The molecule has 0 spiro atoms. The van der Waals surface area contributed by atoms with Crippen LogP contribution in [0.1, 0.15) is 24.8 Å². The molecule has 2 amide bonds. The van der Waals surface area contributed by atoms with Gasteiger partial charge in [-0.1, -0.05) is 18.2 Å². The normalized spacial score (nSPS) is 19.3. The monoisotopic (exact) mass is 315 g/mol. The minimum absolute atomic E-state index is 0.0991. The van der Waals surface area contributed by atoms with Gasteiger partial charge >= 0.3 is 0 Å². The highest BCUT2D eigenvalue weighted by Gasteiger charge is 2.28. The molecule has 0 aromatic heterocycles. The van der Waals surface area contributed by atoms with Gasteiger partial charge in [0.25, 0.3) is 0 Å². The molecule has 124 valence electrons. The van der Waals surface area contributed by atoms with Gasteiger partial charge in [0.15, 0.2) is 0 Å². The Morgan fingerprint density at radius 1 is 1.17 bits per heavy atom. The first-order chi connectivity index (χ1) is 11.2. The molecule has 0 radical (unpaired) electrons. The van der Waals surface area contributed by atoms with Crippen molar-refractivity contribution >= 4 is 17.5 Å². The van der Waals surface area contributed by atoms with Gasteiger partial charge in [0.1, 0.15) is 0 Å². The highest BCUT2D eigenvalue weighted by molar-refractivity contribution is 5.96. The van der Waals surface area contributed by atoms with Crippen LogP contribution in [0.2, 0.25) is 0 Å². The maximum Gasteiger partial charge on any atom is 0.241 e. The predicted molar refractivity (Wildman–Crippen MR) is 90.3 cm³/mol. The predicted octanol–water partition coefficient (Wildman–Crippen LogP) is 1.42. The summed E-state index contributed by atoms with van der Waals surface area (Å²) in [5.74, 6) is 0.401. The summed E-state index contributed by atoms with van der Waals surface area (Å²) in [4.78, 5) is 28.5. The molecule has 0 aliphatic carbocycles. The van der Waals surface area contributed by atoms with Crippen LogP contribution in [-0.4, -0.2) is 49.9 Å². The zero-order valence-electron chi connectivity index (χ0n) is 13.8. The van der Waals surface area contributed by atoms with Crippen molar-refractivity contribution in [2.45, 2.75) is 25.7 Å². The Morgan fingerprint density at radius 3 is 2.65 bits per heavy atom. The van der Waals surface area contributed by atoms with E-state index in [2.05, 4.69) is 16.3 Å². The highest BCUT2D eigenvalue weighted by atomic mass is 16.2. The number of piperidine rings is 1. The second-order valence-corrected chi connectivity index (χ2v) is 6.44. The molecule has 2 heterocycles. The van der Waals surface area contributed by atoms with Gasteiger partial charge in [0.05, 0.1) is 6.54 Å². The Hall–Kier alpha value is -1.88. The number of carbonyl (C=O) groups is 2. The van der Waals surface area contributed by atoms with Crippen molar-refractivity contribution in [2.24, 2.45) is 5.92 Å². The first-order valence-corrected chi connectivity index (χ1v) is 8.51. The number of anilines is 1. The summed E-state index contributed by atoms with van der Waals surface area (Å²) in [6, 6.07) is 8.20. The molecule has 2 aliphatic heterocycles. The maximum atomic E-state index is 12.7. The molecule has 1 N–H and O–H groups in total. The number of para-hydroxylation sites is 1. The molecule has 1 fully saturated rings. The SMILES string of the molecule is CNC(=O)C1CCN(CC(=O)N2CCCc3ccccc32)CC1. The van der Waals surface area contributed by atoms with Crippen LogP contribution in [0, 0.1) is 5.92 Å². The van der Waals surface area contributed by atoms with Crippen LogP contribution in [0.5, 0.6) is 0 Å². The minimum atomic E-state index is 0.0991. The van der Waals surface area contributed by atoms with Gasteiger partial charge in [-0.3, -0.25) is 14.5 Å². The molecule has 2 aliphatic rings. The summed E-state index contributed by atoms with van der Waals surface area (Å²) in [5, 5.41) is 2.72. The smallest absolute Gasteiger partial charge is 0.241 e. The lowest BCUT2D eigenvalue weighted by molar-refractivity contribution is -0.126. The second-order valence-electron chi connectivity index (χ2n) is 6.44. The number of nitrogens with one attached hydrogen (secondary N) is 1. The first kappa shape index (κ1) is 16.0. The van der Waals surface area contributed by atoms with Gasteiger partial charge in [-0.15, -0.1) is 0 Å². The van der Waals surface area contributed by atoms with Crippen LogP contribution in [0.4, 0.5) is 5.69 Å². The van der Waals surface area contributed by atoms with E-state index in [9.17, 15) is 9.59 Å². The number of likely N-dealkylation sites (tertiary alicyclic amines) is 1. The number of nitrogens with zero attached hydrogens (tertiary/aromatic N) is 2. The lowest BCUT2D eigenvalue weighted by Crippen LogP contribution is -2.46. The molecule has 1 aromatic rings. The molecule has 0 saturated carbocycles. The van der Waals surface area contributed by atoms with E-state index < -0.39 is 0 Å². The summed E-state index contributed by atoms with van der Waals surface area (Å²) in [6.45, 7) is 2.90. The second kappa shape index (κ2) is 7.13. The van der Waals surface area contributed by atoms with Crippen LogP contribution in [0.15, 0.2) is 24.3 Å². The van der Waals surface area contributed by atoms with Crippen molar-refractivity contribution in [3.63, 3.8) is 0 Å². The minimum Gasteiger partial charge on any atom is -0.359 e. The van der Waals surface area contributed by atoms with E-state index in [4.69, 9.17) is 0 Å². The van der Waals surface area contributed by atoms with Crippen molar-refractivity contribution < 1.29 is 9.59 Å². The topological polar surface area (TPSA) is 52.7 Å². The third-order valence-corrected chi connectivity index (χ3v) is 4.97. The third kappa shape index (κ3) is 3.55. The molecule has 0 bridgehead atoms. The zero-order valence-corrected chi connectivity index (χ0v) is 13.8. The lowest BCUT2D eigenvalue weighted by Gasteiger charge is -2.34. The fourth-order valence-corrected chi connectivity index (χ4v) is 3.63. The average molecular weight is 315 g/mol. The standard InChI is InChI=1S/C18H25N3O2/c1-19-18(23)15-8-11-20(12-9-15)13-17(22)21-10-4-6-14-5-2-3-7-16(14)21/h2-3,5,7,15H,4,6,8-13H2,1H3,(H,19,23). The van der Waals surface area contributed by atoms with E-state index in [1.165, 1.54) is 5.56 Å². The Labute approximate surface area is 137 Å². The van der Waals surface area contributed by atoms with E-state index in [1.54, 1.807) is 7.05 Å². The molecule has 1 aromatic carbocycles. The summed E-state index contributed by atoms with van der Waals surface area (Å²) in [5.41, 5.74) is 2.34. The number of rotatable bonds is 3. The maximum absolute atomic E-state index is 12.7. The van der Waals surface area contributed by atoms with Crippen LogP contribution in [-0.2, 0) is 16.0 Å². The molecular formula is C18H25N3O2.